The molecule has 0 bridgehead atoms. The van der Waals surface area contributed by atoms with Crippen LogP contribution in [0.15, 0.2) is 11.6 Å². The van der Waals surface area contributed by atoms with Gasteiger partial charge in [-0.3, -0.25) is 0 Å². The van der Waals surface area contributed by atoms with Crippen LogP contribution in [0.5, 0.6) is 0 Å². The number of carboxylic acids is 1. The fourth-order valence-corrected chi connectivity index (χ4v) is 15.1. The van der Waals surface area contributed by atoms with E-state index in [9.17, 15) is 9.90 Å². The molecule has 9 heteroatoms. The van der Waals surface area contributed by atoms with Crippen LogP contribution in [0.3, 0.4) is 0 Å². The van der Waals surface area contributed by atoms with Crippen molar-refractivity contribution in [2.24, 2.45) is 0 Å². The normalized spacial score (nSPS) is 15.2. The van der Waals surface area contributed by atoms with E-state index in [2.05, 4.69) is 45.8 Å². The van der Waals surface area contributed by atoms with Crippen LogP contribution in [-0.4, -0.2) is 60.7 Å². The molecule has 0 aliphatic heterocycles. The third kappa shape index (κ3) is 13.8. The van der Waals surface area contributed by atoms with Crippen LogP contribution in [0, 0.1) is 0 Å². The van der Waals surface area contributed by atoms with Crippen molar-refractivity contribution in [3.63, 3.8) is 0 Å². The quantitative estimate of drug-likeness (QED) is 0.265. The summed E-state index contributed by atoms with van der Waals surface area (Å²) in [7, 11) is -5.61. The molecule has 0 fully saturated rings. The molecule has 0 rings (SSSR count). The van der Waals surface area contributed by atoms with E-state index in [0.717, 1.165) is 12.5 Å². The number of aliphatic hydroxyl groups excluding tert-OH is 1. The summed E-state index contributed by atoms with van der Waals surface area (Å²) in [5.74, 6) is -0.966. The monoisotopic (exact) mass is 422 g/mol. The summed E-state index contributed by atoms with van der Waals surface area (Å²) in [4.78, 5) is 10.7. The number of hydrogen-bond acceptors (Lipinski definition) is 5. The molecule has 0 amide bonds. The van der Waals surface area contributed by atoms with Crippen LogP contribution in [-0.2, 0) is 17.8 Å². The Labute approximate surface area is 162 Å². The lowest BCUT2D eigenvalue weighted by atomic mass is 10.2. The van der Waals surface area contributed by atoms with Gasteiger partial charge in [0.2, 0.25) is 0 Å². The van der Waals surface area contributed by atoms with Crippen LogP contribution in [0.25, 0.3) is 0 Å². The first kappa shape index (κ1) is 25.7. The lowest BCUT2D eigenvalue weighted by Crippen LogP contribution is -2.52. The highest BCUT2D eigenvalue weighted by molar-refractivity contribution is 6.87. The van der Waals surface area contributed by atoms with Crippen molar-refractivity contribution >= 4 is 31.2 Å². The molecule has 0 aromatic rings. The Balaban J connectivity index is 4.35. The van der Waals surface area contributed by atoms with Crippen LogP contribution >= 0.6 is 0 Å². The number of carbonyl (C=O) groups is 1. The summed E-state index contributed by atoms with van der Waals surface area (Å²) in [5.41, 5.74) is 0.234. The number of aliphatic hydroxyl groups is 1. The summed E-state index contributed by atoms with van der Waals surface area (Å²) in [5, 5.41) is 18.6. The third-order valence-electron chi connectivity index (χ3n) is 3.31. The maximum Gasteiger partial charge on any atom is 0.330 e. The lowest BCUT2D eigenvalue weighted by molar-refractivity contribution is -0.132. The van der Waals surface area contributed by atoms with Gasteiger partial charge in [-0.15, -0.1) is 0 Å². The zero-order chi connectivity index (χ0) is 20.6. The van der Waals surface area contributed by atoms with Gasteiger partial charge in [-0.1, -0.05) is 6.08 Å². The van der Waals surface area contributed by atoms with Gasteiger partial charge >= 0.3 is 14.5 Å². The van der Waals surface area contributed by atoms with Crippen molar-refractivity contribution in [2.45, 2.75) is 77.7 Å². The molecule has 0 spiro atoms. The van der Waals surface area contributed by atoms with Gasteiger partial charge in [0.15, 0.2) is 16.6 Å². The summed E-state index contributed by atoms with van der Waals surface area (Å²) < 4.78 is 18.4. The van der Waals surface area contributed by atoms with Crippen LogP contribution in [0.4, 0.5) is 0 Å². The van der Waals surface area contributed by atoms with Gasteiger partial charge in [0.05, 0.1) is 12.7 Å². The van der Waals surface area contributed by atoms with E-state index >= 15 is 0 Å². The van der Waals surface area contributed by atoms with Gasteiger partial charge in [-0.05, 0) is 71.6 Å². The lowest BCUT2D eigenvalue weighted by Gasteiger charge is -2.38. The molecule has 1 unspecified atom stereocenters. The Bertz CT molecular complexity index is 452. The minimum atomic E-state index is -2.23. The summed E-state index contributed by atoms with van der Waals surface area (Å²) in [6.07, 6.45) is 1.94. The molecule has 154 valence electrons. The van der Waals surface area contributed by atoms with Crippen molar-refractivity contribution < 1.29 is 28.0 Å². The maximum absolute atomic E-state index is 10.7. The Morgan fingerprint density at radius 2 is 1.54 bits per heavy atom. The minimum Gasteiger partial charge on any atom is -0.478 e. The Hall–Kier alpha value is -0.299. The van der Waals surface area contributed by atoms with E-state index in [1.807, 2.05) is 0 Å². The number of aliphatic carboxylic acids is 1. The number of ether oxygens (including phenoxy) is 1. The van der Waals surface area contributed by atoms with E-state index in [4.69, 9.17) is 18.1 Å². The molecule has 26 heavy (non-hydrogen) atoms. The molecular weight excluding hydrogens is 384 g/mol. The van der Waals surface area contributed by atoms with Gasteiger partial charge in [0.1, 0.15) is 0 Å². The van der Waals surface area contributed by atoms with E-state index in [1.54, 1.807) is 0 Å². The molecule has 0 aliphatic carbocycles. The third-order valence-corrected chi connectivity index (χ3v) is 12.9. The highest BCUT2D eigenvalue weighted by atomic mass is 28.5. The molecule has 1 atom stereocenters. The van der Waals surface area contributed by atoms with Crippen LogP contribution < -0.4 is 0 Å². The van der Waals surface area contributed by atoms with Gasteiger partial charge in [0.25, 0.3) is 0 Å². The predicted molar refractivity (Wildman–Crippen MR) is 113 cm³/mol. The van der Waals surface area contributed by atoms with Crippen molar-refractivity contribution in [1.82, 2.24) is 0 Å². The molecule has 2 N–H and O–H groups in total. The molecule has 0 aromatic carbocycles. The first-order valence-corrected chi connectivity index (χ1v) is 18.5. The molecule has 0 aromatic heterocycles. The summed E-state index contributed by atoms with van der Waals surface area (Å²) in [6, 6.07) is 0.871. The molecule has 6 nitrogen and oxygen atoms in total. The molecular formula is C17H38O6Si3. The van der Waals surface area contributed by atoms with Crippen LogP contribution in [0.2, 0.25) is 51.9 Å². The standard InChI is InChI=1S/C17H38O6Si3/c1-15(17(19)20)10-11-16(18)14-21-12-9-13-26(8,22-24(2,3)4)23-25(5,6)7/h10,16,18H,9,11-14H2,1-8H3,(H,19,20). The van der Waals surface area contributed by atoms with E-state index in [-0.39, 0.29) is 18.6 Å². The Morgan fingerprint density at radius 3 is 1.96 bits per heavy atom. The van der Waals surface area contributed by atoms with Crippen molar-refractivity contribution in [2.75, 3.05) is 13.2 Å². The van der Waals surface area contributed by atoms with Gasteiger partial charge in [-0.25, -0.2) is 4.79 Å². The second-order valence-corrected chi connectivity index (χ2v) is 21.7. The van der Waals surface area contributed by atoms with E-state index in [1.165, 1.54) is 13.0 Å². The summed E-state index contributed by atoms with van der Waals surface area (Å²) in [6.45, 7) is 17.5. The largest absolute Gasteiger partial charge is 0.478 e. The number of rotatable bonds is 13. The maximum atomic E-state index is 10.7. The van der Waals surface area contributed by atoms with Gasteiger partial charge in [0, 0.05) is 12.2 Å². The smallest absolute Gasteiger partial charge is 0.330 e. The fourth-order valence-electron chi connectivity index (χ4n) is 2.60. The molecule has 0 heterocycles. The zero-order valence-electron chi connectivity index (χ0n) is 17.7. The fraction of sp³-hybridized carbons (Fsp3) is 0.824. The summed E-state index contributed by atoms with van der Waals surface area (Å²) >= 11 is 0. The Kier molecular flexibility index (Phi) is 10.8. The van der Waals surface area contributed by atoms with E-state index < -0.39 is 37.3 Å². The van der Waals surface area contributed by atoms with E-state index in [0.29, 0.717) is 6.61 Å². The molecule has 0 aliphatic rings. The van der Waals surface area contributed by atoms with Gasteiger partial charge < -0.3 is 23.2 Å². The van der Waals surface area contributed by atoms with Crippen molar-refractivity contribution in [1.29, 1.82) is 0 Å². The minimum absolute atomic E-state index is 0.200. The molecule has 0 radical (unpaired) electrons. The SMILES string of the molecule is CC(=CCC(O)COCCC[Si](C)(O[Si](C)(C)C)O[Si](C)(C)C)C(=O)O. The zero-order valence-corrected chi connectivity index (χ0v) is 20.7. The topological polar surface area (TPSA) is 85.2 Å². The number of hydrogen-bond donors (Lipinski definition) is 2. The van der Waals surface area contributed by atoms with Crippen molar-refractivity contribution in [3.05, 3.63) is 11.6 Å². The molecule has 0 saturated heterocycles. The van der Waals surface area contributed by atoms with Crippen molar-refractivity contribution in [3.8, 4) is 0 Å². The second kappa shape index (κ2) is 10.9. The first-order valence-electron chi connectivity index (χ1n) is 9.20. The molecule has 0 saturated carbocycles. The average molecular weight is 423 g/mol. The Morgan fingerprint density at radius 1 is 1.04 bits per heavy atom. The number of carboxylic acid groups (broad SMARTS) is 1. The average Bonchev–Trinajstić information content (AvgIpc) is 2.39. The second-order valence-electron chi connectivity index (χ2n) is 8.82. The van der Waals surface area contributed by atoms with Gasteiger partial charge in [-0.2, -0.15) is 0 Å². The predicted octanol–water partition coefficient (Wildman–Crippen LogP) is 3.95. The van der Waals surface area contributed by atoms with Crippen LogP contribution in [0.1, 0.15) is 19.8 Å². The first-order chi connectivity index (χ1) is 11.6. The highest BCUT2D eigenvalue weighted by Gasteiger charge is 2.39. The highest BCUT2D eigenvalue weighted by Crippen LogP contribution is 2.25.